The third kappa shape index (κ3) is 2.70. The summed E-state index contributed by atoms with van der Waals surface area (Å²) in [5.74, 6) is -0.797. The summed E-state index contributed by atoms with van der Waals surface area (Å²) >= 11 is 6.29. The van der Waals surface area contributed by atoms with E-state index in [-0.39, 0.29) is 5.91 Å². The van der Waals surface area contributed by atoms with Crippen molar-refractivity contribution < 1.29 is 19.4 Å². The van der Waals surface area contributed by atoms with Crippen molar-refractivity contribution in [1.82, 2.24) is 0 Å². The number of benzene rings is 1. The van der Waals surface area contributed by atoms with Crippen LogP contribution in [0, 0.1) is 0 Å². The predicted octanol–water partition coefficient (Wildman–Crippen LogP) is 3.20. The maximum atomic E-state index is 11.9. The zero-order chi connectivity index (χ0) is 15.6. The third-order valence-corrected chi connectivity index (χ3v) is 4.30. The lowest BCUT2D eigenvalue weighted by atomic mass is 9.77. The molecule has 2 N–H and O–H groups in total. The summed E-state index contributed by atoms with van der Waals surface area (Å²) in [4.78, 5) is 23.4. The van der Waals surface area contributed by atoms with E-state index >= 15 is 0 Å². The molecule has 1 aliphatic rings. The smallest absolute Gasteiger partial charge is 0.314 e. The van der Waals surface area contributed by atoms with Crippen LogP contribution in [0.3, 0.4) is 0 Å². The topological polar surface area (TPSA) is 75.6 Å². The molecule has 0 spiro atoms. The highest BCUT2D eigenvalue weighted by atomic mass is 35.5. The van der Waals surface area contributed by atoms with Gasteiger partial charge in [0.25, 0.3) is 0 Å². The van der Waals surface area contributed by atoms with Gasteiger partial charge in [-0.25, -0.2) is 0 Å². The SMILES string of the molecule is COc1ccc(Cl)c(C2(C(=O)O)CCCC2)c1NC(C)=O. The number of aliphatic carboxylic acids is 1. The second-order valence-electron chi connectivity index (χ2n) is 5.28. The molecule has 0 aliphatic heterocycles. The van der Waals surface area contributed by atoms with Crippen LogP contribution in [0.15, 0.2) is 12.1 Å². The number of carboxylic acid groups (broad SMARTS) is 1. The fourth-order valence-corrected chi connectivity index (χ4v) is 3.38. The van der Waals surface area contributed by atoms with E-state index in [1.807, 2.05) is 0 Å². The van der Waals surface area contributed by atoms with Crippen LogP contribution in [0.25, 0.3) is 0 Å². The summed E-state index contributed by atoms with van der Waals surface area (Å²) < 4.78 is 5.26. The first kappa shape index (κ1) is 15.6. The molecule has 1 fully saturated rings. The lowest BCUT2D eigenvalue weighted by Gasteiger charge is -2.29. The Labute approximate surface area is 128 Å². The van der Waals surface area contributed by atoms with Crippen LogP contribution in [0.4, 0.5) is 5.69 Å². The number of methoxy groups -OCH3 is 1. The van der Waals surface area contributed by atoms with E-state index in [1.54, 1.807) is 12.1 Å². The van der Waals surface area contributed by atoms with E-state index in [0.717, 1.165) is 12.8 Å². The number of halogens is 1. The van der Waals surface area contributed by atoms with Gasteiger partial charge in [-0.05, 0) is 25.0 Å². The number of carbonyl (C=O) groups is 2. The summed E-state index contributed by atoms with van der Waals surface area (Å²) in [5.41, 5.74) is -0.255. The molecule has 0 bridgehead atoms. The number of carbonyl (C=O) groups excluding carboxylic acids is 1. The first-order chi connectivity index (χ1) is 9.92. The molecule has 21 heavy (non-hydrogen) atoms. The van der Waals surface area contributed by atoms with Gasteiger partial charge in [-0.15, -0.1) is 0 Å². The molecule has 1 amide bonds. The number of rotatable bonds is 4. The predicted molar refractivity (Wildman–Crippen MR) is 80.1 cm³/mol. The summed E-state index contributed by atoms with van der Waals surface area (Å²) in [6, 6.07) is 3.24. The van der Waals surface area contributed by atoms with Crippen molar-refractivity contribution in [2.75, 3.05) is 12.4 Å². The molecule has 1 aromatic rings. The molecule has 2 rings (SSSR count). The van der Waals surface area contributed by atoms with Crippen molar-refractivity contribution in [2.24, 2.45) is 0 Å². The first-order valence-corrected chi connectivity index (χ1v) is 7.18. The van der Waals surface area contributed by atoms with E-state index in [1.165, 1.54) is 14.0 Å². The number of ether oxygens (including phenoxy) is 1. The molecular formula is C15H18ClNO4. The second-order valence-corrected chi connectivity index (χ2v) is 5.68. The highest BCUT2D eigenvalue weighted by Crippen LogP contribution is 2.49. The number of nitrogens with one attached hydrogen (secondary N) is 1. The molecule has 1 aliphatic carbocycles. The Hall–Kier alpha value is -1.75. The van der Waals surface area contributed by atoms with Crippen molar-refractivity contribution >= 4 is 29.2 Å². The Bertz CT molecular complexity index is 579. The molecule has 0 heterocycles. The van der Waals surface area contributed by atoms with Crippen LogP contribution in [0.1, 0.15) is 38.2 Å². The number of amides is 1. The number of hydrogen-bond acceptors (Lipinski definition) is 3. The zero-order valence-corrected chi connectivity index (χ0v) is 12.8. The van der Waals surface area contributed by atoms with Gasteiger partial charge in [-0.2, -0.15) is 0 Å². The normalized spacial score (nSPS) is 16.5. The maximum absolute atomic E-state index is 11.9. The molecule has 0 aromatic heterocycles. The molecule has 1 aromatic carbocycles. The average molecular weight is 312 g/mol. The van der Waals surface area contributed by atoms with Crippen molar-refractivity contribution in [2.45, 2.75) is 38.0 Å². The van der Waals surface area contributed by atoms with Crippen molar-refractivity contribution in [1.29, 1.82) is 0 Å². The molecule has 0 saturated heterocycles. The van der Waals surface area contributed by atoms with Crippen molar-refractivity contribution in [3.05, 3.63) is 22.7 Å². The fourth-order valence-electron chi connectivity index (χ4n) is 3.05. The molecule has 1 saturated carbocycles. The quantitative estimate of drug-likeness (QED) is 0.895. The molecule has 114 valence electrons. The van der Waals surface area contributed by atoms with E-state index in [2.05, 4.69) is 5.32 Å². The van der Waals surface area contributed by atoms with Crippen LogP contribution in [-0.4, -0.2) is 24.1 Å². The van der Waals surface area contributed by atoms with Crippen molar-refractivity contribution in [3.8, 4) is 5.75 Å². The van der Waals surface area contributed by atoms with Gasteiger partial charge in [0.1, 0.15) is 5.75 Å². The van der Waals surface area contributed by atoms with E-state index in [4.69, 9.17) is 16.3 Å². The minimum atomic E-state index is -1.07. The van der Waals surface area contributed by atoms with Crippen LogP contribution >= 0.6 is 11.6 Å². The highest BCUT2D eigenvalue weighted by molar-refractivity contribution is 6.32. The largest absolute Gasteiger partial charge is 0.495 e. The Morgan fingerprint density at radius 2 is 1.95 bits per heavy atom. The highest BCUT2D eigenvalue weighted by Gasteiger charge is 2.46. The van der Waals surface area contributed by atoms with Crippen LogP contribution in [0.2, 0.25) is 5.02 Å². The summed E-state index contributed by atoms with van der Waals surface area (Å²) in [6.07, 6.45) is 2.64. The number of hydrogen-bond donors (Lipinski definition) is 2. The summed E-state index contributed by atoms with van der Waals surface area (Å²) in [7, 11) is 1.47. The molecule has 0 atom stereocenters. The van der Waals surface area contributed by atoms with Crippen LogP contribution in [-0.2, 0) is 15.0 Å². The average Bonchev–Trinajstić information content (AvgIpc) is 2.89. The van der Waals surface area contributed by atoms with Gasteiger partial charge < -0.3 is 15.2 Å². The number of anilines is 1. The molecule has 6 heteroatoms. The minimum absolute atomic E-state index is 0.296. The summed E-state index contributed by atoms with van der Waals surface area (Å²) in [5, 5.41) is 12.8. The van der Waals surface area contributed by atoms with Crippen LogP contribution in [0.5, 0.6) is 5.75 Å². The maximum Gasteiger partial charge on any atom is 0.314 e. The van der Waals surface area contributed by atoms with Gasteiger partial charge in [0.05, 0.1) is 18.2 Å². The monoisotopic (exact) mass is 311 g/mol. The van der Waals surface area contributed by atoms with E-state index < -0.39 is 11.4 Å². The lowest BCUT2D eigenvalue weighted by Crippen LogP contribution is -2.34. The van der Waals surface area contributed by atoms with Crippen LogP contribution < -0.4 is 10.1 Å². The fraction of sp³-hybridized carbons (Fsp3) is 0.467. The zero-order valence-electron chi connectivity index (χ0n) is 12.0. The van der Waals surface area contributed by atoms with Gasteiger partial charge in [-0.3, -0.25) is 9.59 Å². The Morgan fingerprint density at radius 1 is 1.33 bits per heavy atom. The van der Waals surface area contributed by atoms with Gasteiger partial charge in [0.2, 0.25) is 5.91 Å². The second kappa shape index (κ2) is 5.93. The Kier molecular flexibility index (Phi) is 4.42. The van der Waals surface area contributed by atoms with Crippen molar-refractivity contribution in [3.63, 3.8) is 0 Å². The Balaban J connectivity index is 2.70. The first-order valence-electron chi connectivity index (χ1n) is 6.80. The lowest BCUT2D eigenvalue weighted by molar-refractivity contribution is -0.143. The van der Waals surface area contributed by atoms with Gasteiger partial charge in [0.15, 0.2) is 0 Å². The number of carboxylic acids is 1. The molecular weight excluding hydrogens is 294 g/mol. The van der Waals surface area contributed by atoms with Gasteiger partial charge in [-0.1, -0.05) is 24.4 Å². The molecule has 5 nitrogen and oxygen atoms in total. The third-order valence-electron chi connectivity index (χ3n) is 3.98. The standard InChI is InChI=1S/C15H18ClNO4/c1-9(18)17-13-11(21-2)6-5-10(16)12(13)15(14(19)20)7-3-4-8-15/h5-6H,3-4,7-8H2,1-2H3,(H,17,18)(H,19,20). The summed E-state index contributed by atoms with van der Waals surface area (Å²) in [6.45, 7) is 1.37. The molecule has 0 unspecified atom stereocenters. The van der Waals surface area contributed by atoms with E-state index in [9.17, 15) is 14.7 Å². The molecule has 0 radical (unpaired) electrons. The van der Waals surface area contributed by atoms with Gasteiger partial charge >= 0.3 is 5.97 Å². The minimum Gasteiger partial charge on any atom is -0.495 e. The van der Waals surface area contributed by atoms with Gasteiger partial charge in [0, 0.05) is 17.5 Å². The Morgan fingerprint density at radius 3 is 2.43 bits per heavy atom. The van der Waals surface area contributed by atoms with E-state index in [0.29, 0.717) is 34.9 Å².